The molecule has 0 aliphatic rings. The fourth-order valence-electron chi connectivity index (χ4n) is 2.42. The number of likely N-dealkylation sites (N-methyl/N-ethyl adjacent to an activating group) is 1. The summed E-state index contributed by atoms with van der Waals surface area (Å²) in [5.41, 5.74) is 0.232. The fourth-order valence-corrected chi connectivity index (χ4v) is 3.45. The molecule has 142 valence electrons. The summed E-state index contributed by atoms with van der Waals surface area (Å²) in [5, 5.41) is 0.388. The molecule has 0 atom stereocenters. The molecule has 0 bridgehead atoms. The number of carbonyl (C=O) groups excluding carboxylic acids is 1. The Morgan fingerprint density at radius 2 is 1.81 bits per heavy atom. The van der Waals surface area contributed by atoms with Gasteiger partial charge in [-0.2, -0.15) is 0 Å². The van der Waals surface area contributed by atoms with Crippen LogP contribution in [0.2, 0.25) is 0 Å². The molecule has 1 amide bonds. The van der Waals surface area contributed by atoms with Crippen molar-refractivity contribution in [3.05, 3.63) is 54.1 Å². The number of nitrogens with zero attached hydrogens (tertiary/aromatic N) is 3. The lowest BCUT2D eigenvalue weighted by atomic mass is 10.3. The van der Waals surface area contributed by atoms with Crippen LogP contribution in [0, 0.1) is 11.6 Å². The third-order valence-corrected chi connectivity index (χ3v) is 4.89. The number of carbonyl (C=O) groups is 1. The quantitative estimate of drug-likeness (QED) is 0.618. The Hall–Kier alpha value is -2.58. The van der Waals surface area contributed by atoms with E-state index in [9.17, 15) is 13.6 Å². The Kier molecular flexibility index (Phi) is 5.98. The molecule has 0 aliphatic heterocycles. The number of ether oxygens (including phenoxy) is 1. The minimum Gasteiger partial charge on any atom is -0.481 e. The lowest BCUT2D eigenvalue weighted by Gasteiger charge is -2.22. The number of hydrogen-bond donors (Lipinski definition) is 0. The van der Waals surface area contributed by atoms with Crippen LogP contribution in [0.5, 0.6) is 5.75 Å². The monoisotopic (exact) mass is 391 g/mol. The SMILES string of the molecule is CN(C)CCN(C(=O)COc1ccccc1F)c1nc2c(F)cccc2s1. The van der Waals surface area contributed by atoms with Crippen LogP contribution in [-0.4, -0.2) is 49.6 Å². The number of para-hydroxylation sites is 2. The van der Waals surface area contributed by atoms with Crippen molar-refractivity contribution >= 4 is 32.6 Å². The minimum atomic E-state index is -0.535. The number of thiazole rings is 1. The molecule has 0 saturated carbocycles. The first-order chi connectivity index (χ1) is 13.0. The smallest absolute Gasteiger partial charge is 0.266 e. The summed E-state index contributed by atoms with van der Waals surface area (Å²) in [6.07, 6.45) is 0. The van der Waals surface area contributed by atoms with E-state index in [0.717, 1.165) is 0 Å². The molecule has 3 aromatic rings. The maximum atomic E-state index is 14.0. The van der Waals surface area contributed by atoms with Gasteiger partial charge in [0, 0.05) is 13.1 Å². The van der Waals surface area contributed by atoms with Crippen molar-refractivity contribution in [2.45, 2.75) is 0 Å². The summed E-state index contributed by atoms with van der Waals surface area (Å²) in [6.45, 7) is 0.602. The lowest BCUT2D eigenvalue weighted by Crippen LogP contribution is -2.39. The number of rotatable bonds is 7. The third kappa shape index (κ3) is 4.58. The number of aromatic nitrogens is 1. The lowest BCUT2D eigenvalue weighted by molar-refractivity contribution is -0.120. The summed E-state index contributed by atoms with van der Waals surface area (Å²) in [5.74, 6) is -1.34. The first-order valence-corrected chi connectivity index (χ1v) is 9.15. The van der Waals surface area contributed by atoms with Gasteiger partial charge in [0.1, 0.15) is 11.3 Å². The summed E-state index contributed by atoms with van der Waals surface area (Å²) in [4.78, 5) is 20.4. The maximum Gasteiger partial charge on any atom is 0.266 e. The van der Waals surface area contributed by atoms with E-state index in [2.05, 4.69) is 4.98 Å². The van der Waals surface area contributed by atoms with Gasteiger partial charge in [-0.3, -0.25) is 9.69 Å². The van der Waals surface area contributed by atoms with Gasteiger partial charge in [-0.05, 0) is 38.4 Å². The van der Waals surface area contributed by atoms with Crippen LogP contribution < -0.4 is 9.64 Å². The second-order valence-electron chi connectivity index (χ2n) is 6.15. The Labute approximate surface area is 159 Å². The highest BCUT2D eigenvalue weighted by atomic mass is 32.1. The van der Waals surface area contributed by atoms with E-state index in [0.29, 0.717) is 22.9 Å². The van der Waals surface area contributed by atoms with E-state index in [1.54, 1.807) is 24.3 Å². The summed E-state index contributed by atoms with van der Waals surface area (Å²) >= 11 is 1.23. The highest BCUT2D eigenvalue weighted by molar-refractivity contribution is 7.22. The number of hydrogen-bond acceptors (Lipinski definition) is 5. The van der Waals surface area contributed by atoms with Crippen LogP contribution in [0.1, 0.15) is 0 Å². The van der Waals surface area contributed by atoms with E-state index in [4.69, 9.17) is 4.74 Å². The van der Waals surface area contributed by atoms with Gasteiger partial charge in [0.2, 0.25) is 0 Å². The van der Waals surface area contributed by atoms with Gasteiger partial charge in [-0.1, -0.05) is 29.5 Å². The van der Waals surface area contributed by atoms with Crippen molar-refractivity contribution in [3.8, 4) is 5.75 Å². The summed E-state index contributed by atoms with van der Waals surface area (Å²) in [7, 11) is 3.77. The molecular weight excluding hydrogens is 372 g/mol. The number of benzene rings is 2. The number of anilines is 1. The zero-order valence-electron chi connectivity index (χ0n) is 15.0. The average Bonchev–Trinajstić information content (AvgIpc) is 3.06. The first-order valence-electron chi connectivity index (χ1n) is 8.33. The minimum absolute atomic E-state index is 0.00811. The zero-order valence-corrected chi connectivity index (χ0v) is 15.8. The third-order valence-electron chi connectivity index (χ3n) is 3.85. The Bertz CT molecular complexity index is 946. The molecule has 0 fully saturated rings. The van der Waals surface area contributed by atoms with Crippen molar-refractivity contribution in [3.63, 3.8) is 0 Å². The van der Waals surface area contributed by atoms with Crippen LogP contribution in [0.3, 0.4) is 0 Å². The van der Waals surface area contributed by atoms with E-state index < -0.39 is 11.6 Å². The Morgan fingerprint density at radius 1 is 1.07 bits per heavy atom. The molecule has 0 spiro atoms. The van der Waals surface area contributed by atoms with Gasteiger partial charge in [-0.25, -0.2) is 13.8 Å². The van der Waals surface area contributed by atoms with Gasteiger partial charge >= 0.3 is 0 Å². The second-order valence-corrected chi connectivity index (χ2v) is 7.16. The van der Waals surface area contributed by atoms with Crippen molar-refractivity contribution in [1.82, 2.24) is 9.88 Å². The standard InChI is InChI=1S/C19H19F2N3O2S/c1-23(2)10-11-24(17(25)12-26-15-8-4-3-6-13(15)20)19-22-18-14(21)7-5-9-16(18)27-19/h3-9H,10-12H2,1-2H3. The van der Waals surface area contributed by atoms with E-state index in [1.165, 1.54) is 34.4 Å². The van der Waals surface area contributed by atoms with Crippen molar-refractivity contribution in [2.24, 2.45) is 0 Å². The Morgan fingerprint density at radius 3 is 2.52 bits per heavy atom. The average molecular weight is 391 g/mol. The van der Waals surface area contributed by atoms with Crippen LogP contribution in [-0.2, 0) is 4.79 Å². The molecule has 8 heteroatoms. The predicted molar refractivity (Wildman–Crippen MR) is 102 cm³/mol. The second kappa shape index (κ2) is 8.41. The van der Waals surface area contributed by atoms with Crippen molar-refractivity contribution < 1.29 is 18.3 Å². The normalized spacial score (nSPS) is 11.1. The molecule has 27 heavy (non-hydrogen) atoms. The number of amides is 1. The fraction of sp³-hybridized carbons (Fsp3) is 0.263. The predicted octanol–water partition coefficient (Wildman–Crippen LogP) is 3.55. The highest BCUT2D eigenvalue weighted by Gasteiger charge is 2.21. The summed E-state index contributed by atoms with van der Waals surface area (Å²) < 4.78 is 33.6. The molecule has 0 N–H and O–H groups in total. The molecule has 0 aliphatic carbocycles. The molecule has 3 rings (SSSR count). The molecule has 1 aromatic heterocycles. The largest absolute Gasteiger partial charge is 0.481 e. The summed E-state index contributed by atoms with van der Waals surface area (Å²) in [6, 6.07) is 10.6. The van der Waals surface area contributed by atoms with E-state index in [1.807, 2.05) is 19.0 Å². The molecule has 0 unspecified atom stereocenters. The molecule has 0 radical (unpaired) electrons. The van der Waals surface area contributed by atoms with Crippen LogP contribution >= 0.6 is 11.3 Å². The zero-order chi connectivity index (χ0) is 19.4. The Balaban J connectivity index is 1.82. The molecule has 1 heterocycles. The van der Waals surface area contributed by atoms with Crippen LogP contribution in [0.25, 0.3) is 10.2 Å². The molecular formula is C19H19F2N3O2S. The van der Waals surface area contributed by atoms with Gasteiger partial charge in [0.05, 0.1) is 4.70 Å². The van der Waals surface area contributed by atoms with E-state index >= 15 is 0 Å². The van der Waals surface area contributed by atoms with Crippen molar-refractivity contribution in [1.29, 1.82) is 0 Å². The number of fused-ring (bicyclic) bond motifs is 1. The number of halogens is 2. The molecule has 5 nitrogen and oxygen atoms in total. The topological polar surface area (TPSA) is 45.7 Å². The van der Waals surface area contributed by atoms with Crippen LogP contribution in [0.15, 0.2) is 42.5 Å². The molecule has 2 aromatic carbocycles. The van der Waals surface area contributed by atoms with Gasteiger partial charge < -0.3 is 9.64 Å². The van der Waals surface area contributed by atoms with Crippen LogP contribution in [0.4, 0.5) is 13.9 Å². The van der Waals surface area contributed by atoms with Gasteiger partial charge in [0.15, 0.2) is 23.3 Å². The first kappa shape index (κ1) is 19.2. The van der Waals surface area contributed by atoms with Crippen molar-refractivity contribution in [2.75, 3.05) is 38.7 Å². The highest BCUT2D eigenvalue weighted by Crippen LogP contribution is 2.30. The maximum absolute atomic E-state index is 14.0. The van der Waals surface area contributed by atoms with Gasteiger partial charge in [-0.15, -0.1) is 0 Å². The van der Waals surface area contributed by atoms with Gasteiger partial charge in [0.25, 0.3) is 5.91 Å². The van der Waals surface area contributed by atoms with E-state index in [-0.39, 0.29) is 23.8 Å². The molecule has 0 saturated heterocycles.